The lowest BCUT2D eigenvalue weighted by Crippen LogP contribution is -2.13. The Kier molecular flexibility index (Phi) is 3.61. The molecule has 0 saturated carbocycles. The van der Waals surface area contributed by atoms with Crippen molar-refractivity contribution in [3.05, 3.63) is 33.4 Å². The first kappa shape index (κ1) is 12.7. The van der Waals surface area contributed by atoms with Crippen molar-refractivity contribution in [1.29, 1.82) is 0 Å². The van der Waals surface area contributed by atoms with Crippen LogP contribution < -0.4 is 0 Å². The molecule has 0 N–H and O–H groups in total. The average Bonchev–Trinajstić information content (AvgIpc) is 2.13. The van der Waals surface area contributed by atoms with E-state index in [1.54, 1.807) is 12.1 Å². The van der Waals surface area contributed by atoms with E-state index in [0.29, 0.717) is 28.2 Å². The molecule has 0 fully saturated rings. The molecule has 1 heterocycles. The predicted molar refractivity (Wildman–Crippen MR) is 69.6 cm³/mol. The van der Waals surface area contributed by atoms with Crippen molar-refractivity contribution in [3.8, 4) is 0 Å². The van der Waals surface area contributed by atoms with E-state index in [9.17, 15) is 4.39 Å². The fraction of sp³-hybridized carbons (Fsp3) is 0.273. The highest BCUT2D eigenvalue weighted by Crippen LogP contribution is 2.29. The summed E-state index contributed by atoms with van der Waals surface area (Å²) in [5, 5.41) is 1.22. The molecule has 17 heavy (non-hydrogen) atoms. The van der Waals surface area contributed by atoms with E-state index in [0.717, 1.165) is 4.47 Å². The van der Waals surface area contributed by atoms with Gasteiger partial charge >= 0.3 is 6.08 Å². The zero-order valence-corrected chi connectivity index (χ0v) is 11.7. The molecule has 0 radical (unpaired) electrons. The zero-order chi connectivity index (χ0) is 12.6. The van der Waals surface area contributed by atoms with Gasteiger partial charge in [-0.15, -0.1) is 0 Å². The van der Waals surface area contributed by atoms with Crippen LogP contribution in [-0.4, -0.2) is 29.0 Å². The van der Waals surface area contributed by atoms with Gasteiger partial charge in [-0.25, -0.2) is 9.97 Å². The largest absolute Gasteiger partial charge is 0.309 e. The van der Waals surface area contributed by atoms with E-state index in [-0.39, 0.29) is 0 Å². The number of halogens is 3. The smallest absolute Gasteiger partial charge is 0.304 e. The van der Waals surface area contributed by atoms with Crippen LogP contribution in [0.5, 0.6) is 0 Å². The van der Waals surface area contributed by atoms with Gasteiger partial charge in [-0.3, -0.25) is 0 Å². The fourth-order valence-corrected chi connectivity index (χ4v) is 2.54. The van der Waals surface area contributed by atoms with Gasteiger partial charge in [0.25, 0.3) is 0 Å². The third kappa shape index (κ3) is 2.73. The molecular weight excluding hydrogens is 308 g/mol. The van der Waals surface area contributed by atoms with Crippen LogP contribution in [-0.2, 0) is 6.54 Å². The van der Waals surface area contributed by atoms with Gasteiger partial charge in [0.1, 0.15) is 0 Å². The Balaban J connectivity index is 2.73. The fourth-order valence-electron chi connectivity index (χ4n) is 1.64. The van der Waals surface area contributed by atoms with Crippen molar-refractivity contribution in [1.82, 2.24) is 14.9 Å². The third-order valence-electron chi connectivity index (χ3n) is 2.23. The van der Waals surface area contributed by atoms with Gasteiger partial charge in [0.15, 0.2) is 0 Å². The number of hydrogen-bond acceptors (Lipinski definition) is 3. The van der Waals surface area contributed by atoms with Gasteiger partial charge in [-0.1, -0.05) is 27.5 Å². The molecule has 1 aromatic heterocycles. The second kappa shape index (κ2) is 4.84. The van der Waals surface area contributed by atoms with Crippen LogP contribution >= 0.6 is 27.5 Å². The number of aromatic nitrogens is 2. The summed E-state index contributed by atoms with van der Waals surface area (Å²) in [4.78, 5) is 9.47. The summed E-state index contributed by atoms with van der Waals surface area (Å²) in [7, 11) is 3.78. The van der Waals surface area contributed by atoms with Crippen LogP contribution in [0, 0.1) is 6.08 Å². The Morgan fingerprint density at radius 1 is 1.35 bits per heavy atom. The Morgan fingerprint density at radius 2 is 2.06 bits per heavy atom. The Bertz CT molecular complexity index is 569. The van der Waals surface area contributed by atoms with Gasteiger partial charge in [0, 0.05) is 16.4 Å². The van der Waals surface area contributed by atoms with Gasteiger partial charge in [0.2, 0.25) is 0 Å². The van der Waals surface area contributed by atoms with Crippen molar-refractivity contribution in [3.63, 3.8) is 0 Å². The molecular formula is C11H10BrClFN3. The summed E-state index contributed by atoms with van der Waals surface area (Å²) < 4.78 is 14.1. The van der Waals surface area contributed by atoms with Crippen molar-refractivity contribution in [2.75, 3.05) is 14.1 Å². The quantitative estimate of drug-likeness (QED) is 0.796. The van der Waals surface area contributed by atoms with Gasteiger partial charge in [0.05, 0.1) is 16.2 Å². The molecule has 0 aliphatic rings. The zero-order valence-electron chi connectivity index (χ0n) is 9.34. The molecule has 0 saturated heterocycles. The minimum atomic E-state index is -0.733. The van der Waals surface area contributed by atoms with Crippen molar-refractivity contribution >= 4 is 38.4 Å². The van der Waals surface area contributed by atoms with Crippen LogP contribution in [0.3, 0.4) is 0 Å². The minimum absolute atomic E-state index is 0.508. The van der Waals surface area contributed by atoms with Gasteiger partial charge < -0.3 is 4.90 Å². The maximum atomic E-state index is 13.3. The summed E-state index contributed by atoms with van der Waals surface area (Å²) in [6.45, 7) is 0.511. The topological polar surface area (TPSA) is 29.0 Å². The standard InChI is InChI=1S/C11H10BrClFN3/c1-17(2)5-9-10-7(13)3-6(12)4-8(10)15-11(14)16-9/h3-4H,5H2,1-2H3. The lowest BCUT2D eigenvalue weighted by Gasteiger charge is -2.12. The van der Waals surface area contributed by atoms with E-state index < -0.39 is 6.08 Å². The third-order valence-corrected chi connectivity index (χ3v) is 2.98. The van der Waals surface area contributed by atoms with Crippen LogP contribution in [0.1, 0.15) is 5.69 Å². The minimum Gasteiger partial charge on any atom is -0.304 e. The van der Waals surface area contributed by atoms with E-state index >= 15 is 0 Å². The van der Waals surface area contributed by atoms with E-state index in [4.69, 9.17) is 11.6 Å². The van der Waals surface area contributed by atoms with Crippen LogP contribution in [0.4, 0.5) is 4.39 Å². The number of benzene rings is 1. The highest BCUT2D eigenvalue weighted by molar-refractivity contribution is 9.10. The molecule has 0 unspecified atom stereocenters. The summed E-state index contributed by atoms with van der Waals surface area (Å²) in [6.07, 6.45) is -0.733. The SMILES string of the molecule is CN(C)Cc1nc(F)nc2cc(Br)cc(Cl)c12. The molecule has 2 aromatic rings. The van der Waals surface area contributed by atoms with E-state index in [2.05, 4.69) is 25.9 Å². The number of hydrogen-bond donors (Lipinski definition) is 0. The van der Waals surface area contributed by atoms with Crippen LogP contribution in [0.2, 0.25) is 5.02 Å². The van der Waals surface area contributed by atoms with Crippen molar-refractivity contribution < 1.29 is 4.39 Å². The van der Waals surface area contributed by atoms with Gasteiger partial charge in [-0.05, 0) is 26.2 Å². The molecule has 0 amide bonds. The Labute approximate surface area is 112 Å². The normalized spacial score (nSPS) is 11.4. The molecule has 3 nitrogen and oxygen atoms in total. The number of fused-ring (bicyclic) bond motifs is 1. The van der Waals surface area contributed by atoms with Crippen LogP contribution in [0.15, 0.2) is 16.6 Å². The highest BCUT2D eigenvalue weighted by atomic mass is 79.9. The molecule has 0 bridgehead atoms. The molecule has 0 aliphatic heterocycles. The first-order valence-corrected chi connectivity index (χ1v) is 6.10. The molecule has 0 atom stereocenters. The summed E-state index contributed by atoms with van der Waals surface area (Å²) in [6, 6.07) is 3.48. The van der Waals surface area contributed by atoms with Crippen molar-refractivity contribution in [2.45, 2.75) is 6.54 Å². The predicted octanol–water partition coefficient (Wildman–Crippen LogP) is 3.25. The van der Waals surface area contributed by atoms with E-state index in [1.807, 2.05) is 19.0 Å². The second-order valence-corrected chi connectivity index (χ2v) is 5.28. The maximum Gasteiger partial charge on any atom is 0.309 e. The van der Waals surface area contributed by atoms with Crippen LogP contribution in [0.25, 0.3) is 10.9 Å². The summed E-state index contributed by atoms with van der Waals surface area (Å²) in [5.74, 6) is 0. The summed E-state index contributed by atoms with van der Waals surface area (Å²) >= 11 is 9.46. The first-order chi connectivity index (χ1) is 7.97. The number of nitrogens with zero attached hydrogens (tertiary/aromatic N) is 3. The van der Waals surface area contributed by atoms with E-state index in [1.165, 1.54) is 0 Å². The van der Waals surface area contributed by atoms with Crippen molar-refractivity contribution in [2.24, 2.45) is 0 Å². The monoisotopic (exact) mass is 317 g/mol. The highest BCUT2D eigenvalue weighted by Gasteiger charge is 2.12. The maximum absolute atomic E-state index is 13.3. The average molecular weight is 319 g/mol. The number of rotatable bonds is 2. The summed E-state index contributed by atoms with van der Waals surface area (Å²) in [5.41, 5.74) is 1.10. The second-order valence-electron chi connectivity index (χ2n) is 3.96. The molecule has 2 rings (SSSR count). The molecule has 0 aliphatic carbocycles. The van der Waals surface area contributed by atoms with Gasteiger partial charge in [-0.2, -0.15) is 4.39 Å². The lowest BCUT2D eigenvalue weighted by atomic mass is 10.2. The molecule has 0 spiro atoms. The molecule has 6 heteroatoms. The molecule has 1 aromatic carbocycles. The first-order valence-electron chi connectivity index (χ1n) is 4.93. The Hall–Kier alpha value is -0.780. The Morgan fingerprint density at radius 3 is 2.71 bits per heavy atom. The molecule has 90 valence electrons. The lowest BCUT2D eigenvalue weighted by molar-refractivity contribution is 0.393.